The van der Waals surface area contributed by atoms with Crippen LogP contribution in [0, 0.1) is 0 Å². The first-order valence-corrected chi connectivity index (χ1v) is 11.7. The molecule has 0 saturated heterocycles. The van der Waals surface area contributed by atoms with Crippen LogP contribution in [0.4, 0.5) is 11.4 Å². The first-order chi connectivity index (χ1) is 16.0. The van der Waals surface area contributed by atoms with Crippen molar-refractivity contribution in [3.63, 3.8) is 0 Å². The van der Waals surface area contributed by atoms with E-state index in [1.165, 1.54) is 11.1 Å². The Hall–Kier alpha value is -3.36. The Kier molecular flexibility index (Phi) is 6.67. The minimum atomic E-state index is -0.182. The van der Waals surface area contributed by atoms with E-state index in [4.69, 9.17) is 9.47 Å². The van der Waals surface area contributed by atoms with Crippen LogP contribution in [0.1, 0.15) is 51.7 Å². The Morgan fingerprint density at radius 3 is 1.88 bits per heavy atom. The van der Waals surface area contributed by atoms with Crippen molar-refractivity contribution in [3.05, 3.63) is 83.9 Å². The number of fused-ring (bicyclic) bond motifs is 4. The fourth-order valence-electron chi connectivity index (χ4n) is 4.25. The van der Waals surface area contributed by atoms with Crippen LogP contribution in [0.3, 0.4) is 0 Å². The summed E-state index contributed by atoms with van der Waals surface area (Å²) >= 11 is 0. The van der Waals surface area contributed by atoms with Crippen LogP contribution in [-0.4, -0.2) is 19.2 Å². The Balaban J connectivity index is 1.85. The maximum atomic E-state index is 6.40. The van der Waals surface area contributed by atoms with E-state index >= 15 is 0 Å². The van der Waals surface area contributed by atoms with Gasteiger partial charge in [-0.2, -0.15) is 9.98 Å². The number of ether oxygens (including phenoxy) is 2. The molecule has 0 fully saturated rings. The van der Waals surface area contributed by atoms with Gasteiger partial charge >= 0.3 is 0 Å². The van der Waals surface area contributed by atoms with Crippen molar-refractivity contribution >= 4 is 17.4 Å². The van der Waals surface area contributed by atoms with Crippen LogP contribution in [-0.2, 0) is 10.8 Å². The van der Waals surface area contributed by atoms with Crippen molar-refractivity contribution in [1.82, 2.24) is 0 Å². The minimum absolute atomic E-state index is 0.0957. The lowest BCUT2D eigenvalue weighted by molar-refractivity contribution is 0.203. The smallest absolute Gasteiger partial charge is 0.145 e. The molecule has 0 radical (unpaired) electrons. The molecule has 0 aliphatic carbocycles. The molecular formula is C29H32N2O2. The fraction of sp³-hybridized carbons (Fsp3) is 0.345. The summed E-state index contributed by atoms with van der Waals surface area (Å²) in [5.41, 5.74) is 3.68. The molecule has 1 aliphatic heterocycles. The third-order valence-corrected chi connectivity index (χ3v) is 6.77. The molecule has 3 aromatic rings. The second kappa shape index (κ2) is 9.64. The van der Waals surface area contributed by atoms with E-state index in [1.807, 2.05) is 48.5 Å². The molecule has 33 heavy (non-hydrogen) atoms. The predicted octanol–water partition coefficient (Wildman–Crippen LogP) is 7.63. The molecule has 0 aromatic heterocycles. The maximum absolute atomic E-state index is 6.40. The number of nitrogens with zero attached hydrogens (tertiary/aromatic N) is 2. The monoisotopic (exact) mass is 440 g/mol. The highest BCUT2D eigenvalue weighted by molar-refractivity contribution is 5.64. The molecule has 0 N–H and O–H groups in total. The summed E-state index contributed by atoms with van der Waals surface area (Å²) < 4.78 is 12.7. The lowest BCUT2D eigenvalue weighted by Crippen LogP contribution is -2.33. The Labute approximate surface area is 197 Å². The van der Waals surface area contributed by atoms with Gasteiger partial charge in [0.25, 0.3) is 0 Å². The van der Waals surface area contributed by atoms with E-state index in [1.54, 1.807) is 0 Å². The van der Waals surface area contributed by atoms with Gasteiger partial charge in [-0.05, 0) is 48.2 Å². The van der Waals surface area contributed by atoms with Gasteiger partial charge in [-0.25, -0.2) is 0 Å². The first kappa shape index (κ1) is 22.8. The highest BCUT2D eigenvalue weighted by atomic mass is 16.5. The topological polar surface area (TPSA) is 43.2 Å². The van der Waals surface area contributed by atoms with Gasteiger partial charge in [0, 0.05) is 10.8 Å². The molecule has 0 saturated carbocycles. The van der Waals surface area contributed by atoms with Crippen molar-refractivity contribution in [3.8, 4) is 11.5 Å². The van der Waals surface area contributed by atoms with Crippen molar-refractivity contribution in [2.45, 2.75) is 51.4 Å². The summed E-state index contributed by atoms with van der Waals surface area (Å²) in [6.07, 6.45) is 1.95. The van der Waals surface area contributed by atoms with Crippen molar-refractivity contribution in [2.75, 3.05) is 13.2 Å². The zero-order valence-electron chi connectivity index (χ0n) is 20.0. The molecule has 4 heteroatoms. The van der Waals surface area contributed by atoms with Crippen molar-refractivity contribution in [2.24, 2.45) is 9.98 Å². The van der Waals surface area contributed by atoms with Crippen LogP contribution in [0.25, 0.3) is 0 Å². The number of benzene rings is 3. The lowest BCUT2D eigenvalue weighted by Gasteiger charge is -2.34. The Morgan fingerprint density at radius 1 is 0.727 bits per heavy atom. The van der Waals surface area contributed by atoms with Crippen LogP contribution >= 0.6 is 0 Å². The van der Waals surface area contributed by atoms with Gasteiger partial charge in [0.2, 0.25) is 0 Å². The van der Waals surface area contributed by atoms with Crippen LogP contribution in [0.2, 0.25) is 0 Å². The average molecular weight is 441 g/mol. The SMILES string of the molecule is CCC1(CC)COc2ccccc2N=C=Nc2ccccc2OCC(C)(C)c2cccc1c2. The van der Waals surface area contributed by atoms with Gasteiger partial charge in [-0.15, -0.1) is 0 Å². The quantitative estimate of drug-likeness (QED) is 0.411. The molecule has 2 bridgehead atoms. The third-order valence-electron chi connectivity index (χ3n) is 6.77. The highest BCUT2D eigenvalue weighted by Crippen LogP contribution is 2.37. The second-order valence-electron chi connectivity index (χ2n) is 9.29. The van der Waals surface area contributed by atoms with E-state index in [-0.39, 0.29) is 10.8 Å². The van der Waals surface area contributed by atoms with Gasteiger partial charge in [-0.3, -0.25) is 0 Å². The van der Waals surface area contributed by atoms with Gasteiger partial charge in [-0.1, -0.05) is 76.2 Å². The molecule has 0 amide bonds. The normalized spacial score (nSPS) is 16.7. The van der Waals surface area contributed by atoms with E-state index in [9.17, 15) is 0 Å². The standard InChI is InChI=1S/C29H32N2O2/c1-5-29(6-2)20-33-27-17-10-8-15-25(27)31-21-30-24-14-7-9-16-26(24)32-19-28(3,4)22-12-11-13-23(29)18-22/h7-18H,5-6,19-20H2,1-4H3. The average Bonchev–Trinajstić information content (AvgIpc) is 2.85. The van der Waals surface area contributed by atoms with Crippen molar-refractivity contribution in [1.29, 1.82) is 0 Å². The zero-order chi connectivity index (χ0) is 23.3. The first-order valence-electron chi connectivity index (χ1n) is 11.7. The molecule has 0 unspecified atom stereocenters. The molecule has 4 rings (SSSR count). The van der Waals surface area contributed by atoms with Gasteiger partial charge < -0.3 is 9.47 Å². The highest BCUT2D eigenvalue weighted by Gasteiger charge is 2.32. The maximum Gasteiger partial charge on any atom is 0.145 e. The Bertz CT molecular complexity index is 1170. The molecule has 3 aromatic carbocycles. The lowest BCUT2D eigenvalue weighted by atomic mass is 9.74. The number of para-hydroxylation sites is 4. The summed E-state index contributed by atoms with van der Waals surface area (Å²) in [6.45, 7) is 10.0. The van der Waals surface area contributed by atoms with Crippen LogP contribution in [0.5, 0.6) is 11.5 Å². The number of hydrogen-bond acceptors (Lipinski definition) is 4. The van der Waals surface area contributed by atoms with E-state index in [2.05, 4.69) is 68.0 Å². The van der Waals surface area contributed by atoms with Gasteiger partial charge in [0.1, 0.15) is 28.9 Å². The van der Waals surface area contributed by atoms with Crippen molar-refractivity contribution < 1.29 is 9.47 Å². The second-order valence-corrected chi connectivity index (χ2v) is 9.29. The molecule has 1 aliphatic rings. The molecule has 0 spiro atoms. The molecular weight excluding hydrogens is 408 g/mol. The summed E-state index contributed by atoms with van der Waals surface area (Å²) in [4.78, 5) is 8.92. The molecule has 0 atom stereocenters. The van der Waals surface area contributed by atoms with E-state index in [0.717, 1.165) is 24.3 Å². The summed E-state index contributed by atoms with van der Waals surface area (Å²) in [6, 6.07) is 27.3. The number of rotatable bonds is 2. The van der Waals surface area contributed by atoms with Crippen LogP contribution in [0.15, 0.2) is 82.8 Å². The predicted molar refractivity (Wildman–Crippen MR) is 135 cm³/mol. The molecule has 170 valence electrons. The molecule has 4 nitrogen and oxygen atoms in total. The summed E-state index contributed by atoms with van der Waals surface area (Å²) in [5, 5.41) is 0. The largest absolute Gasteiger partial charge is 0.490 e. The molecule has 1 heterocycles. The fourth-order valence-corrected chi connectivity index (χ4v) is 4.25. The van der Waals surface area contributed by atoms with E-state index < -0.39 is 0 Å². The zero-order valence-corrected chi connectivity index (χ0v) is 20.0. The van der Waals surface area contributed by atoms with E-state index in [0.29, 0.717) is 24.6 Å². The Morgan fingerprint density at radius 2 is 1.27 bits per heavy atom. The number of hydrogen-bond donors (Lipinski definition) is 0. The van der Waals surface area contributed by atoms with Crippen LogP contribution < -0.4 is 9.47 Å². The summed E-state index contributed by atoms with van der Waals surface area (Å²) in [7, 11) is 0. The number of aliphatic imine (C=N–C) groups is 2. The van der Waals surface area contributed by atoms with Gasteiger partial charge in [0.05, 0.1) is 13.2 Å². The third kappa shape index (κ3) is 4.86. The van der Waals surface area contributed by atoms with Gasteiger partial charge in [0.15, 0.2) is 0 Å². The summed E-state index contributed by atoms with van der Waals surface area (Å²) in [5.74, 6) is 1.46. The minimum Gasteiger partial charge on any atom is -0.490 e.